The highest BCUT2D eigenvalue weighted by Gasteiger charge is 2.38. The molecule has 2 amide bonds. The minimum absolute atomic E-state index is 0.0290. The van der Waals surface area contributed by atoms with Gasteiger partial charge >= 0.3 is 0 Å². The molecule has 1 N–H and O–H groups in total. The molecule has 5 nitrogen and oxygen atoms in total. The van der Waals surface area contributed by atoms with E-state index in [1.54, 1.807) is 18.9 Å². The van der Waals surface area contributed by atoms with Gasteiger partial charge in [0.25, 0.3) is 0 Å². The quantitative estimate of drug-likeness (QED) is 0.918. The zero-order valence-corrected chi connectivity index (χ0v) is 12.8. The third kappa shape index (κ3) is 3.35. The average molecular weight is 290 g/mol. The van der Waals surface area contributed by atoms with Gasteiger partial charge in [0, 0.05) is 19.5 Å². The van der Waals surface area contributed by atoms with E-state index >= 15 is 0 Å². The molecule has 1 saturated heterocycles. The largest absolute Gasteiger partial charge is 0.497 e. The Balaban J connectivity index is 2.21. The molecule has 0 bridgehead atoms. The van der Waals surface area contributed by atoms with Crippen LogP contribution in [-0.2, 0) is 16.1 Å². The molecule has 21 heavy (non-hydrogen) atoms. The normalized spacial score (nSPS) is 22.7. The van der Waals surface area contributed by atoms with Crippen LogP contribution in [0.15, 0.2) is 24.3 Å². The summed E-state index contributed by atoms with van der Waals surface area (Å²) in [4.78, 5) is 26.2. The topological polar surface area (TPSA) is 58.6 Å². The number of methoxy groups -OCH3 is 1. The Morgan fingerprint density at radius 2 is 2.14 bits per heavy atom. The number of hydrogen-bond donors (Lipinski definition) is 1. The van der Waals surface area contributed by atoms with Crippen LogP contribution in [0.2, 0.25) is 0 Å². The number of benzene rings is 1. The lowest BCUT2D eigenvalue weighted by molar-refractivity contribution is -0.138. The number of amides is 2. The fraction of sp³-hybridized carbons (Fsp3) is 0.500. The summed E-state index contributed by atoms with van der Waals surface area (Å²) in [6, 6.07) is 7.64. The SMILES string of the molecule is CCC1(C)NC(=O)CCN(Cc2cccc(OC)c2)C1=O. The van der Waals surface area contributed by atoms with Crippen LogP contribution < -0.4 is 10.1 Å². The van der Waals surface area contributed by atoms with Crippen LogP contribution in [-0.4, -0.2) is 35.9 Å². The monoisotopic (exact) mass is 290 g/mol. The first-order valence-electron chi connectivity index (χ1n) is 7.22. The Morgan fingerprint density at radius 1 is 1.38 bits per heavy atom. The molecular weight excluding hydrogens is 268 g/mol. The Morgan fingerprint density at radius 3 is 2.81 bits per heavy atom. The Hall–Kier alpha value is -2.04. The summed E-state index contributed by atoms with van der Waals surface area (Å²) in [5, 5.41) is 2.84. The molecule has 0 spiro atoms. The third-order valence-corrected chi connectivity index (χ3v) is 4.00. The maximum Gasteiger partial charge on any atom is 0.248 e. The Kier molecular flexibility index (Phi) is 4.50. The second-order valence-corrected chi connectivity index (χ2v) is 5.56. The standard InChI is InChI=1S/C16H22N2O3/c1-4-16(2)15(20)18(9-8-14(19)17-16)11-12-6-5-7-13(10-12)21-3/h5-7,10H,4,8-9,11H2,1-3H3,(H,17,19). The van der Waals surface area contributed by atoms with Crippen molar-refractivity contribution >= 4 is 11.8 Å². The average Bonchev–Trinajstić information content (AvgIpc) is 2.59. The van der Waals surface area contributed by atoms with Gasteiger partial charge in [-0.3, -0.25) is 9.59 Å². The van der Waals surface area contributed by atoms with E-state index in [0.29, 0.717) is 25.9 Å². The first-order valence-corrected chi connectivity index (χ1v) is 7.22. The van der Waals surface area contributed by atoms with Gasteiger partial charge in [0.1, 0.15) is 11.3 Å². The number of nitrogens with zero attached hydrogens (tertiary/aromatic N) is 1. The van der Waals surface area contributed by atoms with Gasteiger partial charge in [0.05, 0.1) is 7.11 Å². The van der Waals surface area contributed by atoms with Crippen molar-refractivity contribution in [3.8, 4) is 5.75 Å². The Bertz CT molecular complexity index is 544. The van der Waals surface area contributed by atoms with Gasteiger partial charge in [-0.2, -0.15) is 0 Å². The van der Waals surface area contributed by atoms with Gasteiger partial charge in [-0.1, -0.05) is 19.1 Å². The van der Waals surface area contributed by atoms with E-state index in [2.05, 4.69) is 5.32 Å². The molecule has 0 saturated carbocycles. The van der Waals surface area contributed by atoms with Gasteiger partial charge < -0.3 is 15.0 Å². The minimum atomic E-state index is -0.813. The predicted molar refractivity (Wildman–Crippen MR) is 79.9 cm³/mol. The van der Waals surface area contributed by atoms with Crippen molar-refractivity contribution in [2.75, 3.05) is 13.7 Å². The van der Waals surface area contributed by atoms with Crippen LogP contribution in [0.1, 0.15) is 32.3 Å². The van der Waals surface area contributed by atoms with Gasteiger partial charge in [0.15, 0.2) is 0 Å². The molecular formula is C16H22N2O3. The minimum Gasteiger partial charge on any atom is -0.497 e. The number of rotatable bonds is 4. The van der Waals surface area contributed by atoms with Crippen molar-refractivity contribution < 1.29 is 14.3 Å². The van der Waals surface area contributed by atoms with Crippen LogP contribution in [0.4, 0.5) is 0 Å². The molecule has 1 aromatic rings. The summed E-state index contributed by atoms with van der Waals surface area (Å²) in [5.74, 6) is 0.668. The molecule has 1 heterocycles. The van der Waals surface area contributed by atoms with E-state index in [1.807, 2.05) is 31.2 Å². The number of carbonyl (C=O) groups is 2. The lowest BCUT2D eigenvalue weighted by Crippen LogP contribution is -2.54. The summed E-state index contributed by atoms with van der Waals surface area (Å²) in [6.07, 6.45) is 0.914. The van der Waals surface area contributed by atoms with Crippen LogP contribution in [0.25, 0.3) is 0 Å². The molecule has 1 aliphatic rings. The number of carbonyl (C=O) groups excluding carboxylic acids is 2. The van der Waals surface area contributed by atoms with E-state index in [1.165, 1.54) is 0 Å². The van der Waals surface area contributed by atoms with Crippen LogP contribution >= 0.6 is 0 Å². The van der Waals surface area contributed by atoms with Gasteiger partial charge in [0.2, 0.25) is 11.8 Å². The van der Waals surface area contributed by atoms with Crippen molar-refractivity contribution in [1.29, 1.82) is 0 Å². The first-order chi connectivity index (χ1) is 9.98. The zero-order chi connectivity index (χ0) is 15.5. The van der Waals surface area contributed by atoms with E-state index in [0.717, 1.165) is 11.3 Å². The molecule has 0 aromatic heterocycles. The molecule has 1 atom stereocenters. The second kappa shape index (κ2) is 6.16. The van der Waals surface area contributed by atoms with Crippen LogP contribution in [0.5, 0.6) is 5.75 Å². The fourth-order valence-electron chi connectivity index (χ4n) is 2.49. The van der Waals surface area contributed by atoms with Crippen molar-refractivity contribution in [2.45, 2.75) is 38.8 Å². The summed E-state index contributed by atoms with van der Waals surface area (Å²) in [6.45, 7) is 4.63. The molecule has 0 radical (unpaired) electrons. The maximum absolute atomic E-state index is 12.7. The molecule has 1 aliphatic heterocycles. The zero-order valence-electron chi connectivity index (χ0n) is 12.8. The van der Waals surface area contributed by atoms with E-state index in [4.69, 9.17) is 4.74 Å². The summed E-state index contributed by atoms with van der Waals surface area (Å²) < 4.78 is 5.20. The molecule has 2 rings (SSSR count). The first kappa shape index (κ1) is 15.4. The highest BCUT2D eigenvalue weighted by Crippen LogP contribution is 2.21. The van der Waals surface area contributed by atoms with Crippen molar-refractivity contribution in [3.05, 3.63) is 29.8 Å². The maximum atomic E-state index is 12.7. The number of ether oxygens (including phenoxy) is 1. The van der Waals surface area contributed by atoms with Gasteiger partial charge in [-0.05, 0) is 31.0 Å². The third-order valence-electron chi connectivity index (χ3n) is 4.00. The van der Waals surface area contributed by atoms with Crippen molar-refractivity contribution in [3.63, 3.8) is 0 Å². The van der Waals surface area contributed by atoms with Crippen LogP contribution in [0, 0.1) is 0 Å². The fourth-order valence-corrected chi connectivity index (χ4v) is 2.49. The molecule has 1 fully saturated rings. The molecule has 5 heteroatoms. The highest BCUT2D eigenvalue weighted by molar-refractivity contribution is 5.93. The molecule has 1 unspecified atom stereocenters. The molecule has 0 aliphatic carbocycles. The lowest BCUT2D eigenvalue weighted by Gasteiger charge is -2.31. The summed E-state index contributed by atoms with van der Waals surface area (Å²) >= 11 is 0. The molecule has 1 aromatic carbocycles. The predicted octanol–water partition coefficient (Wildman–Crippen LogP) is 1.71. The highest BCUT2D eigenvalue weighted by atomic mass is 16.5. The number of nitrogens with one attached hydrogen (secondary N) is 1. The smallest absolute Gasteiger partial charge is 0.248 e. The van der Waals surface area contributed by atoms with Crippen molar-refractivity contribution in [2.24, 2.45) is 0 Å². The van der Waals surface area contributed by atoms with E-state index < -0.39 is 5.54 Å². The van der Waals surface area contributed by atoms with Gasteiger partial charge in [-0.25, -0.2) is 0 Å². The van der Waals surface area contributed by atoms with Crippen LogP contribution in [0.3, 0.4) is 0 Å². The number of hydrogen-bond acceptors (Lipinski definition) is 3. The van der Waals surface area contributed by atoms with E-state index in [-0.39, 0.29) is 11.8 Å². The van der Waals surface area contributed by atoms with E-state index in [9.17, 15) is 9.59 Å². The van der Waals surface area contributed by atoms with Crippen molar-refractivity contribution in [1.82, 2.24) is 10.2 Å². The summed E-state index contributed by atoms with van der Waals surface area (Å²) in [7, 11) is 1.62. The second-order valence-electron chi connectivity index (χ2n) is 5.56. The molecule has 114 valence electrons. The lowest BCUT2D eigenvalue weighted by atomic mass is 9.97. The summed E-state index contributed by atoms with van der Waals surface area (Å²) in [5.41, 5.74) is 0.183. The van der Waals surface area contributed by atoms with Gasteiger partial charge in [-0.15, -0.1) is 0 Å². The Labute approximate surface area is 125 Å².